The average molecular weight is 555 g/mol. The van der Waals surface area contributed by atoms with Gasteiger partial charge in [0, 0.05) is 29.9 Å². The van der Waals surface area contributed by atoms with Gasteiger partial charge in [-0.05, 0) is 61.9 Å². The highest BCUT2D eigenvalue weighted by Crippen LogP contribution is 2.26. The van der Waals surface area contributed by atoms with Crippen LogP contribution in [0.15, 0.2) is 48.5 Å². The van der Waals surface area contributed by atoms with Crippen LogP contribution in [0.3, 0.4) is 0 Å². The molecule has 0 spiro atoms. The number of rotatable bonds is 8. The second-order valence-corrected chi connectivity index (χ2v) is 8.59. The van der Waals surface area contributed by atoms with E-state index in [4.69, 9.17) is 21.5 Å². The van der Waals surface area contributed by atoms with Gasteiger partial charge in [-0.1, -0.05) is 18.5 Å². The molecular formula is C25H26ClF3N4O5. The third kappa shape index (κ3) is 8.51. The molecule has 0 saturated heterocycles. The Labute approximate surface area is 221 Å². The summed E-state index contributed by atoms with van der Waals surface area (Å²) in [6, 6.07) is 13.3. The molecule has 3 N–H and O–H groups in total. The number of carboxylic acids is 2. The molecule has 0 unspecified atom stereocenters. The summed E-state index contributed by atoms with van der Waals surface area (Å²) in [5.74, 6) is -4.16. The Morgan fingerprint density at radius 3 is 2.21 bits per heavy atom. The first kappa shape index (κ1) is 30.2. The van der Waals surface area contributed by atoms with Crippen molar-refractivity contribution in [2.75, 3.05) is 17.3 Å². The van der Waals surface area contributed by atoms with Crippen molar-refractivity contribution in [3.8, 4) is 0 Å². The molecule has 3 rings (SSSR count). The Bertz CT molecular complexity index is 1290. The van der Waals surface area contributed by atoms with E-state index < -0.39 is 18.1 Å². The molecule has 0 fully saturated rings. The SMILES string of the molecule is CCCn1nc(C)cc1CN(C)c1ccc(NC(=O)c2ccc(Cl)cc2)cc1C(=O)O.O=C(O)C(F)(F)F. The topological polar surface area (TPSA) is 125 Å². The van der Waals surface area contributed by atoms with E-state index >= 15 is 0 Å². The second-order valence-electron chi connectivity index (χ2n) is 8.16. The van der Waals surface area contributed by atoms with Gasteiger partial charge >= 0.3 is 18.1 Å². The lowest BCUT2D eigenvalue weighted by Gasteiger charge is -2.22. The van der Waals surface area contributed by atoms with Gasteiger partial charge in [-0.25, -0.2) is 9.59 Å². The Hall–Kier alpha value is -4.06. The highest BCUT2D eigenvalue weighted by molar-refractivity contribution is 6.30. The van der Waals surface area contributed by atoms with Gasteiger partial charge in [0.05, 0.1) is 29.2 Å². The fourth-order valence-corrected chi connectivity index (χ4v) is 3.51. The molecule has 1 heterocycles. The van der Waals surface area contributed by atoms with Crippen molar-refractivity contribution < 1.29 is 37.8 Å². The minimum Gasteiger partial charge on any atom is -0.478 e. The number of aromatic carboxylic acids is 1. The first-order chi connectivity index (χ1) is 17.7. The lowest BCUT2D eigenvalue weighted by atomic mass is 10.1. The fourth-order valence-electron chi connectivity index (χ4n) is 3.38. The lowest BCUT2D eigenvalue weighted by molar-refractivity contribution is -0.192. The van der Waals surface area contributed by atoms with E-state index in [1.54, 1.807) is 36.4 Å². The van der Waals surface area contributed by atoms with Crippen LogP contribution in [0, 0.1) is 6.92 Å². The third-order valence-corrected chi connectivity index (χ3v) is 5.32. The van der Waals surface area contributed by atoms with Crippen molar-refractivity contribution in [1.82, 2.24) is 9.78 Å². The van der Waals surface area contributed by atoms with E-state index in [1.807, 2.05) is 29.6 Å². The van der Waals surface area contributed by atoms with E-state index in [0.29, 0.717) is 28.5 Å². The van der Waals surface area contributed by atoms with Crippen LogP contribution in [-0.2, 0) is 17.9 Å². The lowest BCUT2D eigenvalue weighted by Crippen LogP contribution is -2.22. The summed E-state index contributed by atoms with van der Waals surface area (Å²) >= 11 is 5.86. The summed E-state index contributed by atoms with van der Waals surface area (Å²) in [7, 11) is 1.84. The number of carbonyl (C=O) groups is 3. The van der Waals surface area contributed by atoms with Gasteiger partial charge in [0.2, 0.25) is 0 Å². The predicted octanol–water partition coefficient (Wildman–Crippen LogP) is 5.48. The number of aliphatic carboxylic acids is 1. The first-order valence-electron chi connectivity index (χ1n) is 11.2. The van der Waals surface area contributed by atoms with Crippen LogP contribution in [-0.4, -0.2) is 51.1 Å². The van der Waals surface area contributed by atoms with Crippen LogP contribution < -0.4 is 10.2 Å². The number of anilines is 2. The Morgan fingerprint density at radius 2 is 1.68 bits per heavy atom. The number of amides is 1. The maximum Gasteiger partial charge on any atom is 0.490 e. The van der Waals surface area contributed by atoms with E-state index in [2.05, 4.69) is 17.3 Å². The number of halogens is 4. The van der Waals surface area contributed by atoms with Crippen molar-refractivity contribution >= 4 is 40.8 Å². The zero-order valence-corrected chi connectivity index (χ0v) is 21.5. The second kappa shape index (κ2) is 13.0. The van der Waals surface area contributed by atoms with Crippen molar-refractivity contribution in [3.05, 3.63) is 76.1 Å². The van der Waals surface area contributed by atoms with Gasteiger partial charge in [0.25, 0.3) is 5.91 Å². The number of benzene rings is 2. The van der Waals surface area contributed by atoms with Crippen molar-refractivity contribution in [2.45, 2.75) is 39.5 Å². The molecule has 9 nitrogen and oxygen atoms in total. The fraction of sp³-hybridized carbons (Fsp3) is 0.280. The van der Waals surface area contributed by atoms with E-state index in [0.717, 1.165) is 24.4 Å². The molecule has 2 aromatic carbocycles. The number of aromatic nitrogens is 2. The number of nitrogens with zero attached hydrogens (tertiary/aromatic N) is 3. The molecular weight excluding hydrogens is 529 g/mol. The standard InChI is InChI=1S/C23H25ClN4O3.C2HF3O2/c1-4-11-28-19(12-15(2)26-28)14-27(3)21-10-9-18(13-20(21)23(30)31)25-22(29)16-5-7-17(24)8-6-16;3-2(4,5)1(6)7/h5-10,12-13H,4,11,14H2,1-3H3,(H,25,29)(H,30,31);(H,6,7). The number of carbonyl (C=O) groups excluding carboxylic acids is 1. The normalized spacial score (nSPS) is 10.8. The highest BCUT2D eigenvalue weighted by atomic mass is 35.5. The molecule has 0 aliphatic carbocycles. The molecule has 1 aromatic heterocycles. The summed E-state index contributed by atoms with van der Waals surface area (Å²) in [6.07, 6.45) is -4.12. The number of hydrogen-bond acceptors (Lipinski definition) is 5. The van der Waals surface area contributed by atoms with Gasteiger partial charge < -0.3 is 20.4 Å². The van der Waals surface area contributed by atoms with Crippen LogP contribution in [0.2, 0.25) is 5.02 Å². The van der Waals surface area contributed by atoms with Crippen molar-refractivity contribution in [3.63, 3.8) is 0 Å². The minimum absolute atomic E-state index is 0.106. The largest absolute Gasteiger partial charge is 0.490 e. The predicted molar refractivity (Wildman–Crippen MR) is 136 cm³/mol. The van der Waals surface area contributed by atoms with Crippen LogP contribution in [0.1, 0.15) is 45.4 Å². The molecule has 13 heteroatoms. The van der Waals surface area contributed by atoms with Crippen LogP contribution in [0.25, 0.3) is 0 Å². The quantitative estimate of drug-likeness (QED) is 0.337. The van der Waals surface area contributed by atoms with Gasteiger partial charge in [-0.2, -0.15) is 18.3 Å². The molecule has 1 amide bonds. The molecule has 0 atom stereocenters. The van der Waals surface area contributed by atoms with Gasteiger partial charge in [0.15, 0.2) is 0 Å². The molecule has 0 radical (unpaired) electrons. The maximum absolute atomic E-state index is 12.4. The number of hydrogen-bond donors (Lipinski definition) is 3. The summed E-state index contributed by atoms with van der Waals surface area (Å²) in [4.78, 5) is 35.1. The van der Waals surface area contributed by atoms with Gasteiger partial charge in [0.1, 0.15) is 0 Å². The number of alkyl halides is 3. The van der Waals surface area contributed by atoms with Crippen LogP contribution in [0.5, 0.6) is 0 Å². The monoisotopic (exact) mass is 554 g/mol. The Balaban J connectivity index is 0.000000638. The minimum atomic E-state index is -5.08. The molecule has 0 saturated carbocycles. The van der Waals surface area contributed by atoms with Crippen molar-refractivity contribution in [1.29, 1.82) is 0 Å². The molecule has 0 aliphatic rings. The van der Waals surface area contributed by atoms with Crippen LogP contribution >= 0.6 is 11.6 Å². The first-order valence-corrected chi connectivity index (χ1v) is 11.6. The summed E-state index contributed by atoms with van der Waals surface area (Å²) in [5.41, 5.74) is 3.44. The molecule has 0 aliphatic heterocycles. The Morgan fingerprint density at radius 1 is 1.08 bits per heavy atom. The average Bonchev–Trinajstić information content (AvgIpc) is 3.17. The molecule has 3 aromatic rings. The summed E-state index contributed by atoms with van der Waals surface area (Å²) in [6.45, 7) is 5.34. The number of aryl methyl sites for hydroxylation is 2. The smallest absolute Gasteiger partial charge is 0.478 e. The van der Waals surface area contributed by atoms with Crippen LogP contribution in [0.4, 0.5) is 24.5 Å². The molecule has 204 valence electrons. The third-order valence-electron chi connectivity index (χ3n) is 5.07. The number of carboxylic acid groups (broad SMARTS) is 2. The van der Waals surface area contributed by atoms with E-state index in [-0.39, 0.29) is 11.5 Å². The van der Waals surface area contributed by atoms with E-state index in [1.165, 1.54) is 6.07 Å². The number of nitrogens with one attached hydrogen (secondary N) is 1. The van der Waals surface area contributed by atoms with Crippen molar-refractivity contribution in [2.24, 2.45) is 0 Å². The van der Waals surface area contributed by atoms with E-state index in [9.17, 15) is 27.9 Å². The van der Waals surface area contributed by atoms with Gasteiger partial charge in [-0.3, -0.25) is 9.48 Å². The summed E-state index contributed by atoms with van der Waals surface area (Å²) in [5, 5.41) is 24.7. The van der Waals surface area contributed by atoms with Gasteiger partial charge in [-0.15, -0.1) is 0 Å². The highest BCUT2D eigenvalue weighted by Gasteiger charge is 2.38. The zero-order chi connectivity index (χ0) is 28.6. The zero-order valence-electron chi connectivity index (χ0n) is 20.7. The Kier molecular flexibility index (Phi) is 10.3. The molecule has 38 heavy (non-hydrogen) atoms. The maximum atomic E-state index is 12.4. The summed E-state index contributed by atoms with van der Waals surface area (Å²) < 4.78 is 33.7. The molecule has 0 bridgehead atoms.